The Hall–Kier alpha value is -1.47. The normalized spacial score (nSPS) is 18.5. The number of piperidine rings is 1. The van der Waals surface area contributed by atoms with Crippen LogP contribution in [0.1, 0.15) is 31.7 Å². The lowest BCUT2D eigenvalue weighted by Crippen LogP contribution is -2.35. The van der Waals surface area contributed by atoms with Crippen molar-refractivity contribution in [3.05, 3.63) is 29.8 Å². The molecule has 0 bridgehead atoms. The van der Waals surface area contributed by atoms with E-state index in [9.17, 15) is 18.0 Å². The van der Waals surface area contributed by atoms with Gasteiger partial charge in [-0.3, -0.25) is 4.79 Å². The summed E-state index contributed by atoms with van der Waals surface area (Å²) in [5, 5.41) is 6.22. The molecule has 0 aromatic heterocycles. The van der Waals surface area contributed by atoms with Crippen LogP contribution in [0, 0.1) is 11.8 Å². The molecule has 8 heteroatoms. The van der Waals surface area contributed by atoms with Gasteiger partial charge in [0.1, 0.15) is 5.75 Å². The highest BCUT2D eigenvalue weighted by molar-refractivity contribution is 5.85. The Morgan fingerprint density at radius 3 is 2.62 bits per heavy atom. The van der Waals surface area contributed by atoms with Crippen LogP contribution in [0.3, 0.4) is 0 Å². The minimum atomic E-state index is -4.35. The van der Waals surface area contributed by atoms with Crippen molar-refractivity contribution in [2.24, 2.45) is 11.8 Å². The van der Waals surface area contributed by atoms with Gasteiger partial charge in [0, 0.05) is 13.0 Å². The van der Waals surface area contributed by atoms with Crippen molar-refractivity contribution in [1.29, 1.82) is 0 Å². The summed E-state index contributed by atoms with van der Waals surface area (Å²) in [4.78, 5) is 12.1. The number of hydrogen-bond donors (Lipinski definition) is 2. The molecule has 1 fully saturated rings. The molecule has 26 heavy (non-hydrogen) atoms. The van der Waals surface area contributed by atoms with Gasteiger partial charge in [0.15, 0.2) is 6.61 Å². The summed E-state index contributed by atoms with van der Waals surface area (Å²) in [5.41, 5.74) is 0.819. The van der Waals surface area contributed by atoms with Gasteiger partial charge < -0.3 is 15.4 Å². The summed E-state index contributed by atoms with van der Waals surface area (Å²) in [6, 6.07) is 6.26. The van der Waals surface area contributed by atoms with Gasteiger partial charge in [-0.2, -0.15) is 13.2 Å². The number of rotatable bonds is 7. The predicted octanol–water partition coefficient (Wildman–Crippen LogP) is 3.69. The molecule has 1 aromatic carbocycles. The van der Waals surface area contributed by atoms with Crippen LogP contribution >= 0.6 is 12.4 Å². The molecule has 2 atom stereocenters. The van der Waals surface area contributed by atoms with E-state index in [-0.39, 0.29) is 24.1 Å². The van der Waals surface area contributed by atoms with Crippen molar-refractivity contribution in [2.45, 2.75) is 38.9 Å². The van der Waals surface area contributed by atoms with E-state index >= 15 is 0 Å². The molecule has 148 valence electrons. The molecule has 1 aliphatic rings. The molecule has 2 N–H and O–H groups in total. The molecule has 0 aliphatic carbocycles. The summed E-state index contributed by atoms with van der Waals surface area (Å²) >= 11 is 0. The van der Waals surface area contributed by atoms with Gasteiger partial charge in [-0.05, 0) is 55.5 Å². The van der Waals surface area contributed by atoms with Crippen LogP contribution < -0.4 is 15.4 Å². The number of ether oxygens (including phenoxy) is 1. The quantitative estimate of drug-likeness (QED) is 0.741. The van der Waals surface area contributed by atoms with Crippen molar-refractivity contribution in [1.82, 2.24) is 10.6 Å². The van der Waals surface area contributed by atoms with E-state index in [1.165, 1.54) is 12.1 Å². The third-order valence-electron chi connectivity index (χ3n) is 4.46. The van der Waals surface area contributed by atoms with E-state index in [2.05, 4.69) is 22.3 Å². The van der Waals surface area contributed by atoms with Crippen LogP contribution in [0.15, 0.2) is 24.3 Å². The summed E-state index contributed by atoms with van der Waals surface area (Å²) in [5.74, 6) is 1.01. The number of carbonyl (C=O) groups is 1. The van der Waals surface area contributed by atoms with Crippen LogP contribution in [-0.4, -0.2) is 31.8 Å². The average Bonchev–Trinajstić information content (AvgIpc) is 2.59. The van der Waals surface area contributed by atoms with Crippen LogP contribution in [0.5, 0.6) is 5.75 Å². The van der Waals surface area contributed by atoms with Crippen molar-refractivity contribution in [3.8, 4) is 5.75 Å². The zero-order valence-electron chi connectivity index (χ0n) is 14.8. The van der Waals surface area contributed by atoms with Crippen LogP contribution in [0.2, 0.25) is 0 Å². The molecule has 2 unspecified atom stereocenters. The highest BCUT2D eigenvalue weighted by atomic mass is 35.5. The van der Waals surface area contributed by atoms with Gasteiger partial charge in [-0.15, -0.1) is 12.4 Å². The Bertz CT molecular complexity index is 546. The van der Waals surface area contributed by atoms with Gasteiger partial charge in [0.25, 0.3) is 0 Å². The first kappa shape index (κ1) is 22.6. The Balaban J connectivity index is 0.00000338. The average molecular weight is 395 g/mol. The number of nitrogens with one attached hydrogen (secondary N) is 2. The van der Waals surface area contributed by atoms with E-state index in [1.807, 2.05) is 0 Å². The van der Waals surface area contributed by atoms with Crippen molar-refractivity contribution < 1.29 is 22.7 Å². The third-order valence-corrected chi connectivity index (χ3v) is 4.46. The van der Waals surface area contributed by atoms with Crippen LogP contribution in [-0.2, 0) is 11.3 Å². The molecule has 1 saturated heterocycles. The fraction of sp³-hybridized carbons (Fsp3) is 0.611. The van der Waals surface area contributed by atoms with Gasteiger partial charge in [0.05, 0.1) is 0 Å². The molecule has 1 heterocycles. The molecular formula is C18H26ClF3N2O2. The minimum absolute atomic E-state index is 0. The summed E-state index contributed by atoms with van der Waals surface area (Å²) < 4.78 is 40.9. The molecule has 0 spiro atoms. The summed E-state index contributed by atoms with van der Waals surface area (Å²) in [7, 11) is 0. The number of halogens is 4. The monoisotopic (exact) mass is 394 g/mol. The second-order valence-electron chi connectivity index (χ2n) is 6.61. The zero-order chi connectivity index (χ0) is 18.3. The lowest BCUT2D eigenvalue weighted by molar-refractivity contribution is -0.153. The van der Waals surface area contributed by atoms with Crippen LogP contribution in [0.4, 0.5) is 13.2 Å². The summed E-state index contributed by atoms with van der Waals surface area (Å²) in [6.07, 6.45) is -1.56. The predicted molar refractivity (Wildman–Crippen MR) is 96.5 cm³/mol. The molecule has 1 aliphatic heterocycles. The van der Waals surface area contributed by atoms with Crippen LogP contribution in [0.25, 0.3) is 0 Å². The SMILES string of the molecule is CC(CC(=O)NCc1ccc(OCC(F)(F)F)cc1)C1CCCNC1.Cl. The largest absolute Gasteiger partial charge is 0.484 e. The van der Waals surface area contributed by atoms with Crippen molar-refractivity contribution in [3.63, 3.8) is 0 Å². The van der Waals surface area contributed by atoms with Gasteiger partial charge in [-0.1, -0.05) is 19.1 Å². The lowest BCUT2D eigenvalue weighted by Gasteiger charge is -2.28. The highest BCUT2D eigenvalue weighted by Gasteiger charge is 2.28. The molecule has 2 rings (SSSR count). The molecule has 1 aromatic rings. The smallest absolute Gasteiger partial charge is 0.422 e. The molecule has 4 nitrogen and oxygen atoms in total. The standard InChI is InChI=1S/C18H25F3N2O2.ClH/c1-13(15-3-2-8-22-11-15)9-17(24)23-10-14-4-6-16(7-5-14)25-12-18(19,20)21;/h4-7,13,15,22H,2-3,8-12H2,1H3,(H,23,24);1H. The Morgan fingerprint density at radius 2 is 2.04 bits per heavy atom. The van der Waals surface area contributed by atoms with Gasteiger partial charge >= 0.3 is 6.18 Å². The number of hydrogen-bond acceptors (Lipinski definition) is 3. The molecule has 0 saturated carbocycles. The van der Waals surface area contributed by atoms with Gasteiger partial charge in [-0.25, -0.2) is 0 Å². The lowest BCUT2D eigenvalue weighted by atomic mass is 9.85. The van der Waals surface area contributed by atoms with E-state index in [4.69, 9.17) is 0 Å². The van der Waals surface area contributed by atoms with E-state index in [1.54, 1.807) is 12.1 Å². The Morgan fingerprint density at radius 1 is 1.35 bits per heavy atom. The van der Waals surface area contributed by atoms with E-state index in [0.717, 1.165) is 31.5 Å². The number of amides is 1. The van der Waals surface area contributed by atoms with Gasteiger partial charge in [0.2, 0.25) is 5.91 Å². The minimum Gasteiger partial charge on any atom is -0.484 e. The third kappa shape index (κ3) is 8.27. The van der Waals surface area contributed by atoms with E-state index in [0.29, 0.717) is 24.8 Å². The van der Waals surface area contributed by atoms with Crippen molar-refractivity contribution in [2.75, 3.05) is 19.7 Å². The fourth-order valence-corrected chi connectivity index (χ4v) is 2.97. The second-order valence-corrected chi connectivity index (χ2v) is 6.61. The maximum Gasteiger partial charge on any atom is 0.422 e. The number of benzene rings is 1. The Kier molecular flexibility index (Phi) is 9.22. The summed E-state index contributed by atoms with van der Waals surface area (Å²) in [6.45, 7) is 3.17. The second kappa shape index (κ2) is 10.6. The first-order chi connectivity index (χ1) is 11.8. The molecular weight excluding hydrogens is 369 g/mol. The zero-order valence-corrected chi connectivity index (χ0v) is 15.6. The first-order valence-electron chi connectivity index (χ1n) is 8.59. The molecule has 0 radical (unpaired) electrons. The highest BCUT2D eigenvalue weighted by Crippen LogP contribution is 2.22. The first-order valence-corrected chi connectivity index (χ1v) is 8.59. The topological polar surface area (TPSA) is 50.4 Å². The maximum absolute atomic E-state index is 12.1. The number of alkyl halides is 3. The Labute approximate surface area is 158 Å². The molecule has 1 amide bonds. The maximum atomic E-state index is 12.1. The number of carbonyl (C=O) groups excluding carboxylic acids is 1. The van der Waals surface area contributed by atoms with E-state index < -0.39 is 12.8 Å². The fourth-order valence-electron chi connectivity index (χ4n) is 2.97. The van der Waals surface area contributed by atoms with Crippen molar-refractivity contribution >= 4 is 18.3 Å².